The minimum absolute atomic E-state index is 0. The summed E-state index contributed by atoms with van der Waals surface area (Å²) in [4.78, 5) is 22.9. The van der Waals surface area contributed by atoms with Crippen molar-refractivity contribution in [1.29, 1.82) is 0 Å². The molecule has 1 N–H and O–H groups in total. The quantitative estimate of drug-likeness (QED) is 0.200. The summed E-state index contributed by atoms with van der Waals surface area (Å²) < 4.78 is 5.61. The van der Waals surface area contributed by atoms with E-state index in [1.807, 2.05) is 0 Å². The maximum Gasteiger partial charge on any atom is 1.00 e. The van der Waals surface area contributed by atoms with Gasteiger partial charge in [-0.3, -0.25) is 4.79 Å². The molecule has 19 heavy (non-hydrogen) atoms. The summed E-state index contributed by atoms with van der Waals surface area (Å²) >= 11 is 2.13. The number of Topliss-reactive ketones (excluding diaryl/α,β-unsaturated/α-hetero) is 1. The molecule has 0 unspecified atom stereocenters. The van der Waals surface area contributed by atoms with Crippen molar-refractivity contribution >= 4 is 40.1 Å². The van der Waals surface area contributed by atoms with Crippen molar-refractivity contribution < 1.29 is 39.7 Å². The summed E-state index contributed by atoms with van der Waals surface area (Å²) in [6, 6.07) is 6.96. The number of carbonyl (C=O) groups excluding carboxylic acids is 2. The Hall–Kier alpha value is -0.773. The van der Waals surface area contributed by atoms with E-state index in [1.54, 1.807) is 31.2 Å². The van der Waals surface area contributed by atoms with Crippen LogP contribution in [0.15, 0.2) is 29.8 Å². The summed E-state index contributed by atoms with van der Waals surface area (Å²) in [5.74, 6) is -1.98. The molecule has 0 radical (unpaired) electrons. The zero-order valence-corrected chi connectivity index (χ0v) is 13.2. The Balaban J connectivity index is 0. The third-order valence-corrected chi connectivity index (χ3v) is 2.99. The molecule has 0 atom stereocenters. The fourth-order valence-corrected chi connectivity index (χ4v) is 1.64. The van der Waals surface area contributed by atoms with Gasteiger partial charge in [-0.25, -0.2) is 4.79 Å². The van der Waals surface area contributed by atoms with Gasteiger partial charge in [-0.1, -0.05) is 12.1 Å². The van der Waals surface area contributed by atoms with Crippen LogP contribution in [0.4, 0.5) is 0 Å². The number of benzene rings is 1. The molecule has 0 bridgehead atoms. The number of hydrogen-bond donors (Lipinski definition) is 1. The monoisotopic (exact) mass is 368 g/mol. The van der Waals surface area contributed by atoms with E-state index in [0.717, 1.165) is 3.57 Å². The molecule has 0 amide bonds. The molecule has 0 fully saturated rings. The van der Waals surface area contributed by atoms with Gasteiger partial charge in [0.25, 0.3) is 5.78 Å². The van der Waals surface area contributed by atoms with E-state index in [0.29, 0.717) is 5.56 Å². The van der Waals surface area contributed by atoms with Crippen LogP contribution in [0.1, 0.15) is 20.8 Å². The second-order valence-corrected chi connectivity index (χ2v) is 4.78. The smallest absolute Gasteiger partial charge is 1.00 e. The number of halogens is 1. The molecular formula is C13H14ILiO4. The SMILES string of the molecule is CCOC(=O)C(=O)C(C)=C(O)c1ccc(I)cc1.[H-].[Li+]. The van der Waals surface area contributed by atoms with Crippen LogP contribution in [0.3, 0.4) is 0 Å². The van der Waals surface area contributed by atoms with Gasteiger partial charge in [-0.15, -0.1) is 0 Å². The van der Waals surface area contributed by atoms with Gasteiger partial charge in [-0.2, -0.15) is 0 Å². The molecule has 0 aliphatic carbocycles. The third kappa shape index (κ3) is 5.01. The van der Waals surface area contributed by atoms with Crippen LogP contribution in [0.2, 0.25) is 0 Å². The van der Waals surface area contributed by atoms with Gasteiger partial charge in [0.2, 0.25) is 0 Å². The van der Waals surface area contributed by atoms with Gasteiger partial charge in [-0.05, 0) is 48.6 Å². The van der Waals surface area contributed by atoms with Crippen LogP contribution in [0.5, 0.6) is 0 Å². The largest absolute Gasteiger partial charge is 1.00 e. The second kappa shape index (κ2) is 8.41. The number of aliphatic hydroxyl groups excluding tert-OH is 1. The molecular weight excluding hydrogens is 354 g/mol. The van der Waals surface area contributed by atoms with E-state index < -0.39 is 11.8 Å². The number of aliphatic hydroxyl groups is 1. The molecule has 0 aliphatic heterocycles. The average molecular weight is 368 g/mol. The fourth-order valence-electron chi connectivity index (χ4n) is 1.28. The van der Waals surface area contributed by atoms with Gasteiger partial charge in [0.05, 0.1) is 6.61 Å². The molecule has 0 aliphatic rings. The maximum atomic E-state index is 11.6. The summed E-state index contributed by atoms with van der Waals surface area (Å²) in [6.45, 7) is 3.14. The molecule has 0 aromatic heterocycles. The van der Waals surface area contributed by atoms with E-state index in [1.165, 1.54) is 6.92 Å². The van der Waals surface area contributed by atoms with Crippen molar-refractivity contribution in [3.05, 3.63) is 39.0 Å². The molecule has 0 saturated carbocycles. The molecule has 1 aromatic carbocycles. The van der Waals surface area contributed by atoms with Gasteiger partial charge in [0.15, 0.2) is 0 Å². The molecule has 1 rings (SSSR count). The number of carbonyl (C=O) groups is 2. The zero-order valence-electron chi connectivity index (χ0n) is 12.1. The summed E-state index contributed by atoms with van der Waals surface area (Å²) in [6.07, 6.45) is 0. The van der Waals surface area contributed by atoms with E-state index in [-0.39, 0.29) is 38.2 Å². The molecule has 1 aromatic rings. The Morgan fingerprint density at radius 1 is 1.32 bits per heavy atom. The predicted molar refractivity (Wildman–Crippen MR) is 77.1 cm³/mol. The Bertz CT molecular complexity index is 500. The van der Waals surface area contributed by atoms with Crippen molar-refractivity contribution in [2.24, 2.45) is 0 Å². The Kier molecular flexibility index (Phi) is 8.07. The van der Waals surface area contributed by atoms with Crippen molar-refractivity contribution in [1.82, 2.24) is 0 Å². The third-order valence-electron chi connectivity index (χ3n) is 2.27. The summed E-state index contributed by atoms with van der Waals surface area (Å²) in [7, 11) is 0. The zero-order chi connectivity index (χ0) is 13.7. The molecule has 0 saturated heterocycles. The van der Waals surface area contributed by atoms with Crippen molar-refractivity contribution in [2.75, 3.05) is 6.61 Å². The topological polar surface area (TPSA) is 63.6 Å². The first kappa shape index (κ1) is 18.2. The minimum Gasteiger partial charge on any atom is -1.00 e. The van der Waals surface area contributed by atoms with Crippen LogP contribution in [0, 0.1) is 3.57 Å². The Labute approximate surface area is 139 Å². The molecule has 98 valence electrons. The van der Waals surface area contributed by atoms with Crippen LogP contribution in [-0.2, 0) is 14.3 Å². The number of ether oxygens (including phenoxy) is 1. The van der Waals surface area contributed by atoms with Crippen molar-refractivity contribution in [3.8, 4) is 0 Å². The summed E-state index contributed by atoms with van der Waals surface area (Å²) in [5.41, 5.74) is 0.472. The van der Waals surface area contributed by atoms with E-state index >= 15 is 0 Å². The van der Waals surface area contributed by atoms with Gasteiger partial charge >= 0.3 is 24.8 Å². The van der Waals surface area contributed by atoms with E-state index in [4.69, 9.17) is 0 Å². The normalized spacial score (nSPS) is 11.1. The Morgan fingerprint density at radius 2 is 1.84 bits per heavy atom. The molecule has 6 heteroatoms. The van der Waals surface area contributed by atoms with Crippen LogP contribution in [0.25, 0.3) is 5.76 Å². The first-order valence-corrected chi connectivity index (χ1v) is 6.42. The van der Waals surface area contributed by atoms with Crippen molar-refractivity contribution in [3.63, 3.8) is 0 Å². The van der Waals surface area contributed by atoms with Crippen LogP contribution < -0.4 is 18.9 Å². The molecule has 0 spiro atoms. The number of esters is 1. The van der Waals surface area contributed by atoms with Gasteiger partial charge in [0.1, 0.15) is 5.76 Å². The maximum absolute atomic E-state index is 11.6. The first-order valence-electron chi connectivity index (χ1n) is 5.34. The van der Waals surface area contributed by atoms with Gasteiger partial charge in [0, 0.05) is 14.7 Å². The summed E-state index contributed by atoms with van der Waals surface area (Å²) in [5, 5.41) is 9.92. The van der Waals surface area contributed by atoms with Gasteiger partial charge < -0.3 is 11.3 Å². The number of hydrogen-bond acceptors (Lipinski definition) is 4. The standard InChI is InChI=1S/C13H13IO4.Li.H/c1-3-18-13(17)12(16)8(2)11(15)9-4-6-10(14)7-5-9;;/h4-7,15H,3H2,1-2H3;;/q;+1;-1. The number of rotatable bonds is 4. The van der Waals surface area contributed by atoms with Crippen molar-refractivity contribution in [2.45, 2.75) is 13.8 Å². The van der Waals surface area contributed by atoms with Crippen LogP contribution >= 0.6 is 22.6 Å². The second-order valence-electron chi connectivity index (χ2n) is 3.53. The average Bonchev–Trinajstić information content (AvgIpc) is 2.37. The Morgan fingerprint density at radius 3 is 2.32 bits per heavy atom. The fraction of sp³-hybridized carbons (Fsp3) is 0.231. The minimum atomic E-state index is -0.952. The molecule has 4 nitrogen and oxygen atoms in total. The van der Waals surface area contributed by atoms with Crippen LogP contribution in [-0.4, -0.2) is 23.5 Å². The van der Waals surface area contributed by atoms with E-state index in [2.05, 4.69) is 27.3 Å². The first-order chi connectivity index (χ1) is 8.47. The predicted octanol–water partition coefficient (Wildman–Crippen LogP) is -0.171. The number of ketones is 1. The van der Waals surface area contributed by atoms with E-state index in [9.17, 15) is 14.7 Å². The molecule has 0 heterocycles.